The van der Waals surface area contributed by atoms with Crippen LogP contribution in [0.5, 0.6) is 0 Å². The molecular weight excluding hydrogens is 358 g/mol. The number of rotatable bonds is 7. The molecule has 0 radical (unpaired) electrons. The first-order chi connectivity index (χ1) is 13.6. The molecule has 0 aliphatic heterocycles. The number of pyridine rings is 1. The Morgan fingerprint density at radius 3 is 2.82 bits per heavy atom. The van der Waals surface area contributed by atoms with Crippen LogP contribution in [0.1, 0.15) is 28.2 Å². The molecule has 0 saturated carbocycles. The third-order valence-electron chi connectivity index (χ3n) is 4.16. The SMILES string of the molecule is Cc1cc(C(=O)OCC(=O)N(CCC#N)Cc2ccco2)c2ccccc2n1. The van der Waals surface area contributed by atoms with E-state index in [4.69, 9.17) is 14.4 Å². The molecule has 28 heavy (non-hydrogen) atoms. The summed E-state index contributed by atoms with van der Waals surface area (Å²) in [6, 6.07) is 14.4. The Morgan fingerprint density at radius 2 is 2.07 bits per heavy atom. The molecule has 7 heteroatoms. The van der Waals surface area contributed by atoms with Gasteiger partial charge in [-0.25, -0.2) is 4.79 Å². The molecule has 0 bridgehead atoms. The Hall–Kier alpha value is -3.66. The van der Waals surface area contributed by atoms with Crippen molar-refractivity contribution < 1.29 is 18.7 Å². The number of amides is 1. The Balaban J connectivity index is 1.70. The molecule has 0 aliphatic carbocycles. The first-order valence-corrected chi connectivity index (χ1v) is 8.79. The van der Waals surface area contributed by atoms with E-state index in [9.17, 15) is 9.59 Å². The van der Waals surface area contributed by atoms with E-state index in [-0.39, 0.29) is 19.5 Å². The average molecular weight is 377 g/mol. The lowest BCUT2D eigenvalue weighted by Gasteiger charge is -2.20. The highest BCUT2D eigenvalue weighted by Gasteiger charge is 2.19. The number of esters is 1. The molecule has 142 valence electrons. The van der Waals surface area contributed by atoms with Gasteiger partial charge in [0.15, 0.2) is 6.61 Å². The number of ether oxygens (including phenoxy) is 1. The van der Waals surface area contributed by atoms with Gasteiger partial charge < -0.3 is 14.1 Å². The van der Waals surface area contributed by atoms with Crippen LogP contribution in [-0.2, 0) is 16.1 Å². The van der Waals surface area contributed by atoms with Crippen molar-refractivity contribution in [3.8, 4) is 6.07 Å². The molecule has 2 heterocycles. The van der Waals surface area contributed by atoms with Crippen LogP contribution in [0.2, 0.25) is 0 Å². The maximum atomic E-state index is 12.6. The van der Waals surface area contributed by atoms with Gasteiger partial charge in [-0.1, -0.05) is 18.2 Å². The summed E-state index contributed by atoms with van der Waals surface area (Å²) in [5.41, 5.74) is 1.74. The van der Waals surface area contributed by atoms with E-state index in [1.807, 2.05) is 24.3 Å². The first kappa shape index (κ1) is 19.1. The van der Waals surface area contributed by atoms with Crippen LogP contribution < -0.4 is 0 Å². The number of carbonyl (C=O) groups is 2. The van der Waals surface area contributed by atoms with Gasteiger partial charge in [-0.05, 0) is 31.2 Å². The largest absolute Gasteiger partial charge is 0.467 e. The average Bonchev–Trinajstić information content (AvgIpc) is 3.21. The zero-order chi connectivity index (χ0) is 19.9. The van der Waals surface area contributed by atoms with E-state index < -0.39 is 18.5 Å². The normalized spacial score (nSPS) is 10.4. The van der Waals surface area contributed by atoms with Crippen molar-refractivity contribution in [3.05, 3.63) is 65.7 Å². The van der Waals surface area contributed by atoms with Crippen molar-refractivity contribution in [2.75, 3.05) is 13.2 Å². The van der Waals surface area contributed by atoms with Gasteiger partial charge in [0.1, 0.15) is 5.76 Å². The molecule has 0 unspecified atom stereocenters. The van der Waals surface area contributed by atoms with Crippen molar-refractivity contribution in [1.82, 2.24) is 9.88 Å². The van der Waals surface area contributed by atoms with Gasteiger partial charge in [-0.15, -0.1) is 0 Å². The molecule has 3 aromatic rings. The molecule has 0 atom stereocenters. The van der Waals surface area contributed by atoms with Crippen molar-refractivity contribution in [1.29, 1.82) is 5.26 Å². The van der Waals surface area contributed by atoms with Gasteiger partial charge in [-0.3, -0.25) is 9.78 Å². The summed E-state index contributed by atoms with van der Waals surface area (Å²) in [6.45, 7) is 1.81. The van der Waals surface area contributed by atoms with E-state index >= 15 is 0 Å². The maximum Gasteiger partial charge on any atom is 0.339 e. The van der Waals surface area contributed by atoms with Crippen molar-refractivity contribution >= 4 is 22.8 Å². The van der Waals surface area contributed by atoms with Crippen LogP contribution in [0.25, 0.3) is 10.9 Å². The van der Waals surface area contributed by atoms with Crippen LogP contribution in [0.3, 0.4) is 0 Å². The van der Waals surface area contributed by atoms with Crippen LogP contribution in [-0.4, -0.2) is 34.9 Å². The number of aryl methyl sites for hydroxylation is 1. The molecule has 1 aromatic carbocycles. The zero-order valence-corrected chi connectivity index (χ0v) is 15.4. The Kier molecular flexibility index (Phi) is 6.02. The minimum Gasteiger partial charge on any atom is -0.467 e. The quantitative estimate of drug-likeness (QED) is 0.587. The highest BCUT2D eigenvalue weighted by molar-refractivity contribution is 6.04. The summed E-state index contributed by atoms with van der Waals surface area (Å²) in [4.78, 5) is 30.9. The molecule has 0 aliphatic rings. The van der Waals surface area contributed by atoms with Gasteiger partial charge in [0.25, 0.3) is 5.91 Å². The molecule has 0 N–H and O–H groups in total. The van der Waals surface area contributed by atoms with Crippen LogP contribution >= 0.6 is 0 Å². The second kappa shape index (κ2) is 8.82. The van der Waals surface area contributed by atoms with Crippen molar-refractivity contribution in [2.24, 2.45) is 0 Å². The molecule has 0 spiro atoms. The summed E-state index contributed by atoms with van der Waals surface area (Å²) in [7, 11) is 0. The Morgan fingerprint density at radius 1 is 1.25 bits per heavy atom. The topological polar surface area (TPSA) is 96.4 Å². The molecular formula is C21H19N3O4. The summed E-state index contributed by atoms with van der Waals surface area (Å²) >= 11 is 0. The number of carbonyl (C=O) groups excluding carboxylic acids is 2. The molecule has 2 aromatic heterocycles. The molecule has 7 nitrogen and oxygen atoms in total. The fourth-order valence-corrected chi connectivity index (χ4v) is 2.84. The minimum absolute atomic E-state index is 0.175. The second-order valence-corrected chi connectivity index (χ2v) is 6.21. The Bertz CT molecular complexity index is 1020. The van der Waals surface area contributed by atoms with Crippen molar-refractivity contribution in [3.63, 3.8) is 0 Å². The lowest BCUT2D eigenvalue weighted by molar-refractivity contribution is -0.135. The number of hydrogen-bond acceptors (Lipinski definition) is 6. The number of nitriles is 1. The van der Waals surface area contributed by atoms with Crippen LogP contribution in [0.4, 0.5) is 0 Å². The number of furan rings is 1. The first-order valence-electron chi connectivity index (χ1n) is 8.79. The molecule has 1 amide bonds. The van der Waals surface area contributed by atoms with E-state index in [0.717, 1.165) is 0 Å². The number of nitrogens with zero attached hydrogens (tertiary/aromatic N) is 3. The lowest BCUT2D eigenvalue weighted by atomic mass is 10.1. The highest BCUT2D eigenvalue weighted by Crippen LogP contribution is 2.19. The van der Waals surface area contributed by atoms with Gasteiger partial charge in [0.2, 0.25) is 0 Å². The number of fused-ring (bicyclic) bond motifs is 1. The lowest BCUT2D eigenvalue weighted by Crippen LogP contribution is -2.35. The van der Waals surface area contributed by atoms with Crippen molar-refractivity contribution in [2.45, 2.75) is 19.9 Å². The van der Waals surface area contributed by atoms with E-state index in [1.54, 1.807) is 31.2 Å². The van der Waals surface area contributed by atoms with Crippen LogP contribution in [0.15, 0.2) is 53.1 Å². The number of hydrogen-bond donors (Lipinski definition) is 0. The minimum atomic E-state index is -0.590. The smallest absolute Gasteiger partial charge is 0.339 e. The standard InChI is InChI=1S/C21H19N3O4/c1-15-12-18(17-7-2-3-8-19(17)23-15)21(26)28-14-20(25)24(10-5-9-22)13-16-6-4-11-27-16/h2-4,6-8,11-12H,5,10,13-14H2,1H3. The summed E-state index contributed by atoms with van der Waals surface area (Å²) in [6.07, 6.45) is 1.69. The molecule has 3 rings (SSSR count). The number of para-hydroxylation sites is 1. The summed E-state index contributed by atoms with van der Waals surface area (Å²) in [5.74, 6) is -0.392. The molecule has 0 saturated heterocycles. The predicted octanol–water partition coefficient (Wildman–Crippen LogP) is 3.24. The fourth-order valence-electron chi connectivity index (χ4n) is 2.84. The number of benzene rings is 1. The predicted molar refractivity (Wildman–Crippen MR) is 101 cm³/mol. The van der Waals surface area contributed by atoms with E-state index in [0.29, 0.717) is 27.9 Å². The highest BCUT2D eigenvalue weighted by atomic mass is 16.5. The van der Waals surface area contributed by atoms with Gasteiger partial charge >= 0.3 is 5.97 Å². The monoisotopic (exact) mass is 377 g/mol. The summed E-state index contributed by atoms with van der Waals surface area (Å²) < 4.78 is 10.5. The third-order valence-corrected chi connectivity index (χ3v) is 4.16. The maximum absolute atomic E-state index is 12.6. The molecule has 0 fully saturated rings. The van der Waals surface area contributed by atoms with Crippen LogP contribution in [0, 0.1) is 18.3 Å². The Labute approximate surface area is 162 Å². The van der Waals surface area contributed by atoms with Gasteiger partial charge in [-0.2, -0.15) is 5.26 Å². The van der Waals surface area contributed by atoms with E-state index in [1.165, 1.54) is 11.2 Å². The summed E-state index contributed by atoms with van der Waals surface area (Å²) in [5, 5.41) is 9.48. The van der Waals surface area contributed by atoms with Gasteiger partial charge in [0, 0.05) is 17.6 Å². The van der Waals surface area contributed by atoms with E-state index in [2.05, 4.69) is 4.98 Å². The number of aromatic nitrogens is 1. The zero-order valence-electron chi connectivity index (χ0n) is 15.4. The second-order valence-electron chi connectivity index (χ2n) is 6.21. The fraction of sp³-hybridized carbons (Fsp3) is 0.238. The third kappa shape index (κ3) is 4.54. The van der Waals surface area contributed by atoms with Gasteiger partial charge in [0.05, 0.1) is 36.4 Å².